The topological polar surface area (TPSA) is 54.0 Å². The maximum Gasteiger partial charge on any atom is 0.333 e. The molecule has 1 aromatic carbocycles. The molecular weight excluding hydrogens is 404 g/mol. The summed E-state index contributed by atoms with van der Waals surface area (Å²) in [4.78, 5) is 23.6. The van der Waals surface area contributed by atoms with Gasteiger partial charge in [0.2, 0.25) is 5.79 Å². The maximum absolute atomic E-state index is 12.0. The van der Waals surface area contributed by atoms with Gasteiger partial charge >= 0.3 is 5.97 Å². The molecule has 0 amide bonds. The van der Waals surface area contributed by atoms with Crippen molar-refractivity contribution in [2.45, 2.75) is 89.4 Å². The molecule has 2 saturated carbocycles. The van der Waals surface area contributed by atoms with Gasteiger partial charge in [-0.05, 0) is 62.1 Å². The highest BCUT2D eigenvalue weighted by Gasteiger charge is 2.42. The molecule has 3 fully saturated rings. The van der Waals surface area contributed by atoms with E-state index in [0.29, 0.717) is 37.5 Å². The Balaban J connectivity index is 1.30. The number of carbonyl (C=O) groups is 1. The molecule has 32 heavy (non-hydrogen) atoms. The number of hydrogen-bond donors (Lipinski definition) is 0. The SMILES string of the molecule is C=C(c1ccc(C2CCCCC2)cc1)C1COC2(CCC(=C(C)C(=O)OCC)CC2)OO1. The fourth-order valence-electron chi connectivity index (χ4n) is 5.09. The Kier molecular flexibility index (Phi) is 7.49. The molecule has 0 bridgehead atoms. The van der Waals surface area contributed by atoms with Gasteiger partial charge in [0.15, 0.2) is 0 Å². The number of allylic oxidation sites excluding steroid dienone is 1. The Labute approximate surface area is 191 Å². The van der Waals surface area contributed by atoms with Gasteiger partial charge in [0.1, 0.15) is 6.10 Å². The minimum absolute atomic E-state index is 0.231. The van der Waals surface area contributed by atoms with E-state index in [1.165, 1.54) is 37.7 Å². The molecule has 1 aliphatic heterocycles. The molecule has 1 unspecified atom stereocenters. The molecule has 1 atom stereocenters. The number of benzene rings is 1. The molecular formula is C27H36O5. The van der Waals surface area contributed by atoms with Crippen LogP contribution < -0.4 is 0 Å². The summed E-state index contributed by atoms with van der Waals surface area (Å²) in [6.45, 7) is 8.72. The van der Waals surface area contributed by atoms with Crippen LogP contribution in [-0.4, -0.2) is 31.1 Å². The first-order valence-electron chi connectivity index (χ1n) is 12.1. The van der Waals surface area contributed by atoms with Crippen LogP contribution in [-0.2, 0) is 24.0 Å². The van der Waals surface area contributed by atoms with E-state index in [4.69, 9.17) is 19.2 Å². The lowest BCUT2D eigenvalue weighted by atomic mass is 9.83. The molecule has 0 N–H and O–H groups in total. The van der Waals surface area contributed by atoms with Gasteiger partial charge in [-0.2, -0.15) is 0 Å². The van der Waals surface area contributed by atoms with Crippen LogP contribution in [0.3, 0.4) is 0 Å². The third-order valence-electron chi connectivity index (χ3n) is 7.29. The average Bonchev–Trinajstić information content (AvgIpc) is 2.85. The Morgan fingerprint density at radius 2 is 1.81 bits per heavy atom. The monoisotopic (exact) mass is 440 g/mol. The highest BCUT2D eigenvalue weighted by atomic mass is 17.2. The summed E-state index contributed by atoms with van der Waals surface area (Å²) in [6.07, 6.45) is 9.12. The van der Waals surface area contributed by atoms with Crippen molar-refractivity contribution in [1.82, 2.24) is 0 Å². The minimum atomic E-state index is -0.736. The lowest BCUT2D eigenvalue weighted by molar-refractivity contribution is -0.482. The summed E-state index contributed by atoms with van der Waals surface area (Å²) in [7, 11) is 0. The van der Waals surface area contributed by atoms with E-state index in [-0.39, 0.29) is 12.1 Å². The highest BCUT2D eigenvalue weighted by Crippen LogP contribution is 2.41. The summed E-state index contributed by atoms with van der Waals surface area (Å²) in [5.74, 6) is -0.271. The van der Waals surface area contributed by atoms with Gasteiger partial charge in [0.05, 0.1) is 13.2 Å². The van der Waals surface area contributed by atoms with Gasteiger partial charge in [0.25, 0.3) is 0 Å². The summed E-state index contributed by atoms with van der Waals surface area (Å²) in [6, 6.07) is 8.78. The van der Waals surface area contributed by atoms with Crippen molar-refractivity contribution in [1.29, 1.82) is 0 Å². The molecule has 1 spiro atoms. The predicted octanol–water partition coefficient (Wildman–Crippen LogP) is 6.24. The Bertz CT molecular complexity index is 827. The molecule has 1 saturated heterocycles. The zero-order valence-corrected chi connectivity index (χ0v) is 19.5. The van der Waals surface area contributed by atoms with Gasteiger partial charge in [-0.15, -0.1) is 0 Å². The second-order valence-electron chi connectivity index (χ2n) is 9.32. The van der Waals surface area contributed by atoms with Crippen molar-refractivity contribution in [3.63, 3.8) is 0 Å². The molecule has 1 heterocycles. The molecule has 2 aliphatic carbocycles. The molecule has 1 aromatic rings. The summed E-state index contributed by atoms with van der Waals surface area (Å²) in [5.41, 5.74) is 5.20. The first-order valence-corrected chi connectivity index (χ1v) is 12.1. The predicted molar refractivity (Wildman–Crippen MR) is 124 cm³/mol. The van der Waals surface area contributed by atoms with Crippen LogP contribution in [0.5, 0.6) is 0 Å². The van der Waals surface area contributed by atoms with Crippen molar-refractivity contribution in [2.24, 2.45) is 0 Å². The van der Waals surface area contributed by atoms with Gasteiger partial charge in [-0.1, -0.05) is 55.7 Å². The number of ether oxygens (including phenoxy) is 2. The average molecular weight is 441 g/mol. The smallest absolute Gasteiger partial charge is 0.333 e. The van der Waals surface area contributed by atoms with Gasteiger partial charge in [-0.3, -0.25) is 0 Å². The van der Waals surface area contributed by atoms with E-state index < -0.39 is 5.79 Å². The van der Waals surface area contributed by atoms with Crippen LogP contribution in [0.4, 0.5) is 0 Å². The number of carbonyl (C=O) groups excluding carboxylic acids is 1. The molecule has 174 valence electrons. The van der Waals surface area contributed by atoms with Crippen molar-refractivity contribution < 1.29 is 24.0 Å². The van der Waals surface area contributed by atoms with E-state index in [0.717, 1.165) is 29.6 Å². The Morgan fingerprint density at radius 3 is 2.41 bits per heavy atom. The number of hydrogen-bond acceptors (Lipinski definition) is 5. The van der Waals surface area contributed by atoms with Crippen LogP contribution in [0.1, 0.15) is 88.7 Å². The molecule has 0 aromatic heterocycles. The maximum atomic E-state index is 12.0. The van der Waals surface area contributed by atoms with Crippen molar-refractivity contribution >= 4 is 11.5 Å². The number of esters is 1. The van der Waals surface area contributed by atoms with E-state index in [1.807, 2.05) is 13.8 Å². The van der Waals surface area contributed by atoms with Gasteiger partial charge < -0.3 is 9.47 Å². The second-order valence-corrected chi connectivity index (χ2v) is 9.32. The largest absolute Gasteiger partial charge is 0.463 e. The zero-order valence-electron chi connectivity index (χ0n) is 19.5. The summed E-state index contributed by atoms with van der Waals surface area (Å²) in [5, 5.41) is 0. The molecule has 5 heteroatoms. The second kappa shape index (κ2) is 10.3. The fourth-order valence-corrected chi connectivity index (χ4v) is 5.09. The lowest BCUT2D eigenvalue weighted by Gasteiger charge is -2.42. The highest BCUT2D eigenvalue weighted by molar-refractivity contribution is 5.88. The van der Waals surface area contributed by atoms with E-state index in [1.54, 1.807) is 0 Å². The summed E-state index contributed by atoms with van der Waals surface area (Å²) < 4.78 is 11.3. The normalized spacial score (nSPS) is 26.7. The van der Waals surface area contributed by atoms with Crippen LogP contribution in [0, 0.1) is 0 Å². The van der Waals surface area contributed by atoms with E-state index in [2.05, 4.69) is 30.8 Å². The molecule has 3 aliphatic rings. The van der Waals surface area contributed by atoms with Crippen molar-refractivity contribution in [2.75, 3.05) is 13.2 Å². The van der Waals surface area contributed by atoms with E-state index >= 15 is 0 Å². The quantitative estimate of drug-likeness (QED) is 0.308. The van der Waals surface area contributed by atoms with Gasteiger partial charge in [-0.25, -0.2) is 14.6 Å². The third kappa shape index (κ3) is 5.16. The van der Waals surface area contributed by atoms with Crippen molar-refractivity contribution in [3.8, 4) is 0 Å². The Hall–Kier alpha value is -1.95. The van der Waals surface area contributed by atoms with Crippen LogP contribution in [0.25, 0.3) is 5.57 Å². The number of rotatable bonds is 5. The standard InChI is InChI=1S/C27H36O5/c1-4-29-26(28)20(3)22-14-16-27(17-15-22)30-18-25(31-32-27)19(2)21-10-12-24(13-11-21)23-8-6-5-7-9-23/h10-13,23,25H,2,4-9,14-18H2,1,3H3. The summed E-state index contributed by atoms with van der Waals surface area (Å²) >= 11 is 0. The van der Waals surface area contributed by atoms with Gasteiger partial charge in [0, 0.05) is 18.4 Å². The first kappa shape index (κ1) is 23.2. The van der Waals surface area contributed by atoms with Crippen LogP contribution >= 0.6 is 0 Å². The minimum Gasteiger partial charge on any atom is -0.463 e. The molecule has 4 rings (SSSR count). The van der Waals surface area contributed by atoms with Crippen LogP contribution in [0.15, 0.2) is 42.0 Å². The molecule has 5 nitrogen and oxygen atoms in total. The zero-order chi connectivity index (χ0) is 22.6. The first-order chi connectivity index (χ1) is 15.5. The lowest BCUT2D eigenvalue weighted by Crippen LogP contribution is -2.46. The van der Waals surface area contributed by atoms with Crippen molar-refractivity contribution in [3.05, 3.63) is 53.1 Å². The van der Waals surface area contributed by atoms with E-state index in [9.17, 15) is 4.79 Å². The fraction of sp³-hybridized carbons (Fsp3) is 0.593. The molecule has 0 radical (unpaired) electrons. The Morgan fingerprint density at radius 1 is 1.12 bits per heavy atom. The van der Waals surface area contributed by atoms with Crippen LogP contribution in [0.2, 0.25) is 0 Å². The third-order valence-corrected chi connectivity index (χ3v) is 7.29.